The second-order valence-corrected chi connectivity index (χ2v) is 8.12. The van der Waals surface area contributed by atoms with Crippen LogP contribution in [0.15, 0.2) is 30.3 Å². The molecule has 3 aromatic rings. The first-order valence-electron chi connectivity index (χ1n) is 10.0. The molecule has 1 aromatic carbocycles. The summed E-state index contributed by atoms with van der Waals surface area (Å²) in [4.78, 5) is 9.51. The summed E-state index contributed by atoms with van der Waals surface area (Å²) >= 11 is 0. The smallest absolute Gasteiger partial charge is 0.133 e. The number of anilines is 1. The van der Waals surface area contributed by atoms with Gasteiger partial charge >= 0.3 is 0 Å². The van der Waals surface area contributed by atoms with Gasteiger partial charge in [0.1, 0.15) is 5.82 Å². The fourth-order valence-electron chi connectivity index (χ4n) is 4.05. The Bertz CT molecular complexity index is 967. The van der Waals surface area contributed by atoms with Crippen LogP contribution in [0, 0.1) is 13.8 Å². The Morgan fingerprint density at radius 2 is 2.07 bits per heavy atom. The van der Waals surface area contributed by atoms with Gasteiger partial charge in [-0.15, -0.1) is 0 Å². The summed E-state index contributed by atoms with van der Waals surface area (Å²) in [6.07, 6.45) is 1.59. The van der Waals surface area contributed by atoms with Crippen LogP contribution in [0.3, 0.4) is 0 Å². The van der Waals surface area contributed by atoms with Crippen molar-refractivity contribution in [1.82, 2.24) is 20.1 Å². The monoisotopic (exact) mass is 379 g/mol. The third-order valence-corrected chi connectivity index (χ3v) is 5.35. The Kier molecular flexibility index (Phi) is 5.33. The van der Waals surface area contributed by atoms with E-state index in [1.54, 1.807) is 0 Å². The lowest BCUT2D eigenvalue weighted by Crippen LogP contribution is -2.39. The molecule has 1 aliphatic rings. The predicted molar refractivity (Wildman–Crippen MR) is 112 cm³/mol. The van der Waals surface area contributed by atoms with Crippen molar-refractivity contribution < 1.29 is 5.11 Å². The average Bonchev–Trinajstić information content (AvgIpc) is 3.05. The van der Waals surface area contributed by atoms with Crippen molar-refractivity contribution in [2.75, 3.05) is 25.0 Å². The fourth-order valence-corrected chi connectivity index (χ4v) is 4.05. The number of pyridine rings is 1. The average molecular weight is 380 g/mol. The van der Waals surface area contributed by atoms with Crippen molar-refractivity contribution in [1.29, 1.82) is 0 Å². The molecule has 6 nitrogen and oxygen atoms in total. The molecule has 6 heteroatoms. The maximum absolute atomic E-state index is 10.2. The zero-order valence-electron chi connectivity index (χ0n) is 16.9. The molecule has 0 amide bonds. The Balaban J connectivity index is 1.66. The van der Waals surface area contributed by atoms with Crippen LogP contribution in [-0.4, -0.2) is 51.4 Å². The highest BCUT2D eigenvalue weighted by molar-refractivity contribution is 5.82. The molecule has 1 atom stereocenters. The minimum atomic E-state index is -0.276. The highest BCUT2D eigenvalue weighted by Crippen LogP contribution is 2.28. The fraction of sp³-hybridized carbons (Fsp3) is 0.455. The van der Waals surface area contributed by atoms with E-state index in [2.05, 4.69) is 64.3 Å². The number of hydrogen-bond donors (Lipinski definition) is 2. The van der Waals surface area contributed by atoms with Gasteiger partial charge in [-0.05, 0) is 58.0 Å². The normalized spacial score (nSPS) is 17.6. The largest absolute Gasteiger partial charge is 0.391 e. The lowest BCUT2D eigenvalue weighted by molar-refractivity contribution is 0.153. The van der Waals surface area contributed by atoms with E-state index in [1.165, 1.54) is 16.5 Å². The second kappa shape index (κ2) is 7.89. The Labute approximate surface area is 166 Å². The molecule has 0 saturated carbocycles. The van der Waals surface area contributed by atoms with Gasteiger partial charge in [0.2, 0.25) is 0 Å². The number of rotatable bonds is 5. The quantitative estimate of drug-likeness (QED) is 0.713. The minimum Gasteiger partial charge on any atom is -0.391 e. The van der Waals surface area contributed by atoms with Gasteiger partial charge in [-0.3, -0.25) is 10.00 Å². The second-order valence-electron chi connectivity index (χ2n) is 8.12. The number of aliphatic hydroxyl groups is 1. The van der Waals surface area contributed by atoms with Crippen LogP contribution in [0.5, 0.6) is 0 Å². The van der Waals surface area contributed by atoms with Crippen LogP contribution >= 0.6 is 0 Å². The molecule has 148 valence electrons. The summed E-state index contributed by atoms with van der Waals surface area (Å²) in [5.41, 5.74) is 5.56. The van der Waals surface area contributed by atoms with Crippen molar-refractivity contribution in [3.05, 3.63) is 52.8 Å². The van der Waals surface area contributed by atoms with Gasteiger partial charge in [0.15, 0.2) is 0 Å². The van der Waals surface area contributed by atoms with E-state index in [0.717, 1.165) is 55.2 Å². The third kappa shape index (κ3) is 4.18. The molecular weight excluding hydrogens is 350 g/mol. The number of β-amino-alcohol motifs (C(OH)–C–C–N with tert-alkyl or cyclic N) is 1. The molecular formula is C22H29N5O. The molecule has 2 N–H and O–H groups in total. The molecule has 0 bridgehead atoms. The lowest BCUT2D eigenvalue weighted by Gasteiger charge is -2.33. The van der Waals surface area contributed by atoms with Crippen molar-refractivity contribution in [2.45, 2.75) is 45.9 Å². The zero-order chi connectivity index (χ0) is 19.7. The Morgan fingerprint density at radius 1 is 1.21 bits per heavy atom. The summed E-state index contributed by atoms with van der Waals surface area (Å²) in [5, 5.41) is 18.7. The van der Waals surface area contributed by atoms with Crippen LogP contribution < -0.4 is 4.90 Å². The summed E-state index contributed by atoms with van der Waals surface area (Å²) in [6, 6.07) is 10.7. The van der Waals surface area contributed by atoms with E-state index in [9.17, 15) is 5.11 Å². The topological polar surface area (TPSA) is 68.3 Å². The number of piperidine rings is 1. The van der Waals surface area contributed by atoms with Crippen LogP contribution in [0.2, 0.25) is 0 Å². The number of aliphatic hydroxyl groups excluding tert-OH is 1. The van der Waals surface area contributed by atoms with Crippen molar-refractivity contribution >= 4 is 16.7 Å². The zero-order valence-corrected chi connectivity index (χ0v) is 16.9. The number of hydrogen-bond acceptors (Lipinski definition) is 5. The number of nitrogens with zero attached hydrogens (tertiary/aromatic N) is 4. The van der Waals surface area contributed by atoms with Crippen LogP contribution in [0.4, 0.5) is 5.82 Å². The van der Waals surface area contributed by atoms with Crippen LogP contribution in [0.25, 0.3) is 10.9 Å². The van der Waals surface area contributed by atoms with E-state index in [-0.39, 0.29) is 6.10 Å². The van der Waals surface area contributed by atoms with E-state index in [1.807, 2.05) is 6.92 Å². The SMILES string of the molecule is Cc1ccc2nc(N3CCC[C@@H](O)C3)c(CN(C)Cc3cc(C)[nH]n3)cc2c1. The summed E-state index contributed by atoms with van der Waals surface area (Å²) in [5.74, 6) is 1.00. The third-order valence-electron chi connectivity index (χ3n) is 5.35. The standard InChI is InChI=1S/C22H29N5O/c1-15-6-7-21-17(9-15)11-18(12-26(3)13-19-10-16(2)24-25-19)22(23-21)27-8-4-5-20(28)14-27/h6-7,9-11,20,28H,4-5,8,12-14H2,1-3H3,(H,24,25)/t20-/m1/s1. The first kappa shape index (κ1) is 18.9. The van der Waals surface area contributed by atoms with Gasteiger partial charge in [-0.1, -0.05) is 11.6 Å². The summed E-state index contributed by atoms with van der Waals surface area (Å²) in [7, 11) is 2.11. The molecule has 1 aliphatic heterocycles. The molecule has 28 heavy (non-hydrogen) atoms. The van der Waals surface area contributed by atoms with Gasteiger partial charge in [0.05, 0.1) is 17.3 Å². The molecule has 2 aromatic heterocycles. The Morgan fingerprint density at radius 3 is 2.82 bits per heavy atom. The number of aryl methyl sites for hydroxylation is 2. The first-order valence-corrected chi connectivity index (χ1v) is 10.0. The van der Waals surface area contributed by atoms with Crippen LogP contribution in [-0.2, 0) is 13.1 Å². The van der Waals surface area contributed by atoms with E-state index in [0.29, 0.717) is 6.54 Å². The number of H-pyrrole nitrogens is 1. The maximum atomic E-state index is 10.2. The van der Waals surface area contributed by atoms with Crippen LogP contribution in [0.1, 0.15) is 35.4 Å². The number of aromatic nitrogens is 3. The molecule has 0 spiro atoms. The first-order chi connectivity index (χ1) is 13.5. The molecule has 4 rings (SSSR count). The minimum absolute atomic E-state index is 0.276. The maximum Gasteiger partial charge on any atom is 0.133 e. The van der Waals surface area contributed by atoms with Gasteiger partial charge in [0, 0.05) is 42.8 Å². The van der Waals surface area contributed by atoms with E-state index < -0.39 is 0 Å². The lowest BCUT2D eigenvalue weighted by atomic mass is 10.1. The highest BCUT2D eigenvalue weighted by atomic mass is 16.3. The number of aromatic amines is 1. The molecule has 0 unspecified atom stereocenters. The highest BCUT2D eigenvalue weighted by Gasteiger charge is 2.22. The summed E-state index contributed by atoms with van der Waals surface area (Å²) < 4.78 is 0. The molecule has 1 fully saturated rings. The Hall–Kier alpha value is -2.44. The van der Waals surface area contributed by atoms with E-state index in [4.69, 9.17) is 4.98 Å². The summed E-state index contributed by atoms with van der Waals surface area (Å²) in [6.45, 7) is 7.28. The molecule has 0 radical (unpaired) electrons. The molecule has 1 saturated heterocycles. The van der Waals surface area contributed by atoms with Gasteiger partial charge in [0.25, 0.3) is 0 Å². The van der Waals surface area contributed by atoms with Crippen molar-refractivity contribution in [3.63, 3.8) is 0 Å². The van der Waals surface area contributed by atoms with Crippen molar-refractivity contribution in [3.8, 4) is 0 Å². The number of nitrogens with one attached hydrogen (secondary N) is 1. The van der Waals surface area contributed by atoms with E-state index >= 15 is 0 Å². The molecule has 0 aliphatic carbocycles. The predicted octanol–water partition coefficient (Wildman–Crippen LogP) is 3.17. The number of benzene rings is 1. The van der Waals surface area contributed by atoms with Crippen molar-refractivity contribution in [2.24, 2.45) is 0 Å². The van der Waals surface area contributed by atoms with Gasteiger partial charge in [-0.2, -0.15) is 5.10 Å². The number of fused-ring (bicyclic) bond motifs is 1. The van der Waals surface area contributed by atoms with Gasteiger partial charge < -0.3 is 10.0 Å². The molecule has 3 heterocycles. The van der Waals surface area contributed by atoms with Gasteiger partial charge in [-0.25, -0.2) is 4.98 Å².